The molecule has 0 saturated carbocycles. The van der Waals surface area contributed by atoms with E-state index < -0.39 is 0 Å². The first kappa shape index (κ1) is 17.5. The molecule has 2 unspecified atom stereocenters. The van der Waals surface area contributed by atoms with E-state index in [1.165, 1.54) is 0 Å². The van der Waals surface area contributed by atoms with Crippen LogP contribution in [0.5, 0.6) is 0 Å². The summed E-state index contributed by atoms with van der Waals surface area (Å²) in [7, 11) is 2.16. The van der Waals surface area contributed by atoms with Crippen molar-refractivity contribution in [3.63, 3.8) is 0 Å². The van der Waals surface area contributed by atoms with Gasteiger partial charge in [-0.2, -0.15) is 9.50 Å². The van der Waals surface area contributed by atoms with Crippen LogP contribution in [0.1, 0.15) is 13.8 Å². The lowest BCUT2D eigenvalue weighted by atomic mass is 10.1. The quantitative estimate of drug-likeness (QED) is 0.743. The second kappa shape index (κ2) is 6.53. The van der Waals surface area contributed by atoms with Crippen LogP contribution in [-0.2, 0) is 0 Å². The molecule has 3 aromatic heterocycles. The number of anilines is 2. The van der Waals surface area contributed by atoms with Crippen molar-refractivity contribution in [2.24, 2.45) is 0 Å². The number of hydrogen-bond acceptors (Lipinski definition) is 7. The second-order valence-electron chi connectivity index (χ2n) is 6.42. The van der Waals surface area contributed by atoms with Crippen molar-refractivity contribution in [3.05, 3.63) is 24.5 Å². The first-order valence-corrected chi connectivity index (χ1v) is 8.07. The highest BCUT2D eigenvalue weighted by Crippen LogP contribution is 2.24. The van der Waals surface area contributed by atoms with Crippen molar-refractivity contribution in [1.82, 2.24) is 24.5 Å². The number of nitrogen functional groups attached to an aromatic ring is 1. The van der Waals surface area contributed by atoms with Gasteiger partial charge in [0.25, 0.3) is 0 Å². The summed E-state index contributed by atoms with van der Waals surface area (Å²) >= 11 is 0. The Hall–Kier alpha value is -2.32. The maximum atomic E-state index is 6.11. The van der Waals surface area contributed by atoms with E-state index in [9.17, 15) is 0 Å². The molecular weight excluding hydrogens is 342 g/mol. The zero-order valence-electron chi connectivity index (χ0n) is 14.5. The van der Waals surface area contributed by atoms with Crippen LogP contribution in [0, 0.1) is 0 Å². The molecule has 2 atom stereocenters. The summed E-state index contributed by atoms with van der Waals surface area (Å²) in [5.74, 6) is 2.28. The molecule has 9 heteroatoms. The number of likely N-dealkylation sites (N-methyl/N-ethyl adjacent to an activating group) is 1. The highest BCUT2D eigenvalue weighted by atomic mass is 35.5. The van der Waals surface area contributed by atoms with Crippen molar-refractivity contribution < 1.29 is 4.42 Å². The van der Waals surface area contributed by atoms with Gasteiger partial charge < -0.3 is 15.1 Å². The highest BCUT2D eigenvalue weighted by Gasteiger charge is 2.28. The van der Waals surface area contributed by atoms with E-state index in [1.54, 1.807) is 16.8 Å². The number of rotatable bonds is 2. The van der Waals surface area contributed by atoms with E-state index in [2.05, 4.69) is 45.8 Å². The van der Waals surface area contributed by atoms with Crippen LogP contribution in [-0.4, -0.2) is 56.7 Å². The monoisotopic (exact) mass is 363 g/mol. The van der Waals surface area contributed by atoms with Crippen LogP contribution in [0.15, 0.2) is 28.9 Å². The number of piperazine rings is 1. The number of aromatic nitrogens is 4. The van der Waals surface area contributed by atoms with Crippen LogP contribution >= 0.6 is 12.4 Å². The van der Waals surface area contributed by atoms with Gasteiger partial charge in [0.1, 0.15) is 5.82 Å². The molecule has 134 valence electrons. The Morgan fingerprint density at radius 2 is 1.92 bits per heavy atom. The topological polar surface area (TPSA) is 88.7 Å². The molecule has 1 aliphatic heterocycles. The van der Waals surface area contributed by atoms with Crippen LogP contribution in [0.4, 0.5) is 11.8 Å². The van der Waals surface area contributed by atoms with Crippen molar-refractivity contribution in [2.45, 2.75) is 25.9 Å². The SMILES string of the molecule is CC1CN(c2cc3nc(-c4ccco4)nn3c(N)n2)CC(C)N1C.Cl. The van der Waals surface area contributed by atoms with Gasteiger partial charge in [-0.1, -0.05) is 0 Å². The van der Waals surface area contributed by atoms with E-state index in [1.807, 2.05) is 12.1 Å². The van der Waals surface area contributed by atoms with Crippen LogP contribution in [0.25, 0.3) is 17.2 Å². The number of furan rings is 1. The summed E-state index contributed by atoms with van der Waals surface area (Å²) in [5.41, 5.74) is 6.78. The minimum absolute atomic E-state index is 0. The Labute approximate surface area is 152 Å². The van der Waals surface area contributed by atoms with E-state index in [-0.39, 0.29) is 12.4 Å². The summed E-state index contributed by atoms with van der Waals surface area (Å²) in [4.78, 5) is 13.7. The van der Waals surface area contributed by atoms with Crippen LogP contribution in [0.2, 0.25) is 0 Å². The number of hydrogen-bond donors (Lipinski definition) is 1. The van der Waals surface area contributed by atoms with Crippen molar-refractivity contribution in [3.8, 4) is 11.6 Å². The molecule has 4 rings (SSSR count). The van der Waals surface area contributed by atoms with Gasteiger partial charge >= 0.3 is 0 Å². The van der Waals surface area contributed by atoms with Crippen molar-refractivity contribution in [1.29, 1.82) is 0 Å². The standard InChI is InChI=1S/C16H21N7O.ClH/c1-10-8-22(9-11(2)21(10)3)13-7-14-18-15(12-5-4-6-24-12)20-23(14)16(17)19-13;/h4-7,10-11H,8-9H2,1-3H3,(H2,17,19);1H. The fraction of sp³-hybridized carbons (Fsp3) is 0.438. The Balaban J connectivity index is 0.00000182. The lowest BCUT2D eigenvalue weighted by Crippen LogP contribution is -2.55. The predicted molar refractivity (Wildman–Crippen MR) is 99.0 cm³/mol. The van der Waals surface area contributed by atoms with Gasteiger partial charge in [0.2, 0.25) is 11.8 Å². The maximum absolute atomic E-state index is 6.11. The first-order chi connectivity index (χ1) is 11.5. The van der Waals surface area contributed by atoms with Gasteiger partial charge in [-0.15, -0.1) is 17.5 Å². The Morgan fingerprint density at radius 3 is 2.56 bits per heavy atom. The summed E-state index contributed by atoms with van der Waals surface area (Å²) in [6, 6.07) is 6.46. The molecule has 1 saturated heterocycles. The molecule has 1 aliphatic rings. The number of nitrogens with two attached hydrogens (primary N) is 1. The number of fused-ring (bicyclic) bond motifs is 1. The summed E-state index contributed by atoms with van der Waals surface area (Å²) in [6.07, 6.45) is 1.60. The van der Waals surface area contributed by atoms with Crippen molar-refractivity contribution in [2.75, 3.05) is 30.8 Å². The van der Waals surface area contributed by atoms with Crippen molar-refractivity contribution >= 4 is 29.8 Å². The molecule has 25 heavy (non-hydrogen) atoms. The minimum Gasteiger partial charge on any atom is -0.461 e. The first-order valence-electron chi connectivity index (χ1n) is 8.07. The average Bonchev–Trinajstić information content (AvgIpc) is 3.20. The fourth-order valence-corrected chi connectivity index (χ4v) is 3.16. The second-order valence-corrected chi connectivity index (χ2v) is 6.42. The number of nitrogens with zero attached hydrogens (tertiary/aromatic N) is 6. The lowest BCUT2D eigenvalue weighted by molar-refractivity contribution is 0.169. The third-order valence-corrected chi connectivity index (χ3v) is 4.76. The Kier molecular flexibility index (Phi) is 4.57. The van der Waals surface area contributed by atoms with Gasteiger partial charge in [0.05, 0.1) is 6.26 Å². The van der Waals surface area contributed by atoms with Crippen LogP contribution < -0.4 is 10.6 Å². The predicted octanol–water partition coefficient (Wildman–Crippen LogP) is 1.92. The highest BCUT2D eigenvalue weighted by molar-refractivity contribution is 5.85. The molecule has 0 aromatic carbocycles. The zero-order chi connectivity index (χ0) is 16.8. The van der Waals surface area contributed by atoms with Crippen LogP contribution in [0.3, 0.4) is 0 Å². The van der Waals surface area contributed by atoms with Gasteiger partial charge in [0.15, 0.2) is 11.4 Å². The summed E-state index contributed by atoms with van der Waals surface area (Å²) < 4.78 is 6.91. The Bertz CT molecular complexity index is 851. The molecule has 8 nitrogen and oxygen atoms in total. The van der Waals surface area contributed by atoms with E-state index in [0.717, 1.165) is 18.9 Å². The van der Waals surface area contributed by atoms with E-state index >= 15 is 0 Å². The molecule has 0 radical (unpaired) electrons. The lowest BCUT2D eigenvalue weighted by Gasteiger charge is -2.42. The molecular formula is C16H22ClN7O. The average molecular weight is 364 g/mol. The third-order valence-electron chi connectivity index (χ3n) is 4.76. The smallest absolute Gasteiger partial charge is 0.225 e. The fourth-order valence-electron chi connectivity index (χ4n) is 3.16. The molecule has 0 amide bonds. The maximum Gasteiger partial charge on any atom is 0.225 e. The van der Waals surface area contributed by atoms with Gasteiger partial charge in [-0.3, -0.25) is 4.90 Å². The molecule has 3 aromatic rings. The largest absolute Gasteiger partial charge is 0.461 e. The zero-order valence-corrected chi connectivity index (χ0v) is 15.3. The summed E-state index contributed by atoms with van der Waals surface area (Å²) in [5, 5.41) is 4.38. The molecule has 2 N–H and O–H groups in total. The Morgan fingerprint density at radius 1 is 1.20 bits per heavy atom. The normalized spacial score (nSPS) is 21.5. The van der Waals surface area contributed by atoms with Gasteiger partial charge in [0, 0.05) is 31.2 Å². The minimum atomic E-state index is 0. The summed E-state index contributed by atoms with van der Waals surface area (Å²) in [6.45, 7) is 6.25. The van der Waals surface area contributed by atoms with Gasteiger partial charge in [-0.05, 0) is 33.0 Å². The molecule has 0 spiro atoms. The number of halogens is 1. The van der Waals surface area contributed by atoms with Gasteiger partial charge in [-0.25, -0.2) is 4.98 Å². The van der Waals surface area contributed by atoms with E-state index in [4.69, 9.17) is 10.2 Å². The van der Waals surface area contributed by atoms with E-state index in [0.29, 0.717) is 35.3 Å². The third kappa shape index (κ3) is 3.03. The molecule has 1 fully saturated rings. The molecule has 0 bridgehead atoms. The molecule has 4 heterocycles. The molecule has 0 aliphatic carbocycles.